The molecule has 3 aromatic carbocycles. The van der Waals surface area contributed by atoms with E-state index in [-0.39, 0.29) is 44.1 Å². The Morgan fingerprint density at radius 1 is 1.10 bits per heavy atom. The van der Waals surface area contributed by atoms with Gasteiger partial charge in [-0.25, -0.2) is 4.79 Å². The molecule has 4 nitrogen and oxygen atoms in total. The summed E-state index contributed by atoms with van der Waals surface area (Å²) in [5.41, 5.74) is 4.31. The van der Waals surface area contributed by atoms with Crippen molar-refractivity contribution in [1.29, 1.82) is 0 Å². The third-order valence-corrected chi connectivity index (χ3v) is 4.88. The molecular formula is C24H19O4Y-. The summed E-state index contributed by atoms with van der Waals surface area (Å²) in [7, 11) is 1.58. The average molecular weight is 460 g/mol. The Labute approximate surface area is 194 Å². The molecule has 1 N–H and O–H groups in total. The van der Waals surface area contributed by atoms with E-state index in [1.807, 2.05) is 43.3 Å². The maximum Gasteiger partial charge on any atom is 0.342 e. The van der Waals surface area contributed by atoms with E-state index in [4.69, 9.17) is 9.15 Å². The van der Waals surface area contributed by atoms with Crippen LogP contribution >= 0.6 is 0 Å². The zero-order valence-electron chi connectivity index (χ0n) is 16.2. The maximum absolute atomic E-state index is 13.0. The molecule has 4 rings (SSSR count). The van der Waals surface area contributed by atoms with Gasteiger partial charge in [0.05, 0.1) is 7.11 Å². The van der Waals surface area contributed by atoms with E-state index in [9.17, 15) is 9.90 Å². The zero-order valence-corrected chi connectivity index (χ0v) is 19.1. The van der Waals surface area contributed by atoms with Crippen molar-refractivity contribution in [3.8, 4) is 22.6 Å². The third kappa shape index (κ3) is 4.29. The zero-order chi connectivity index (χ0) is 19.7. The molecule has 29 heavy (non-hydrogen) atoms. The third-order valence-electron chi connectivity index (χ3n) is 4.88. The van der Waals surface area contributed by atoms with Gasteiger partial charge in [0.25, 0.3) is 0 Å². The van der Waals surface area contributed by atoms with E-state index in [0.29, 0.717) is 23.3 Å². The van der Waals surface area contributed by atoms with Crippen molar-refractivity contribution in [1.82, 2.24) is 0 Å². The summed E-state index contributed by atoms with van der Waals surface area (Å²) in [6.45, 7) is 1.95. The van der Waals surface area contributed by atoms with E-state index in [2.05, 4.69) is 6.07 Å². The molecule has 0 amide bonds. The standard InChI is InChI=1S/C24H19O4.Y/c1-15-5-3-4-6-19(15)23-21(13-16-7-9-17(25)10-8-16)20-12-11-18(27-2)14-22(20)28-24(23)26;/h4-12,14,25H,13H2,1-2H3;/q-1;. The van der Waals surface area contributed by atoms with Crippen LogP contribution in [0, 0.1) is 13.0 Å². The predicted octanol–water partition coefficient (Wildman–Crippen LogP) is 4.87. The Hall–Kier alpha value is -2.43. The second-order valence-corrected chi connectivity index (χ2v) is 6.69. The van der Waals surface area contributed by atoms with Crippen LogP contribution in [0.1, 0.15) is 16.7 Å². The van der Waals surface area contributed by atoms with Crippen molar-refractivity contribution in [2.24, 2.45) is 0 Å². The number of phenols is 1. The summed E-state index contributed by atoms with van der Waals surface area (Å²) < 4.78 is 10.9. The van der Waals surface area contributed by atoms with Crippen LogP contribution in [-0.4, -0.2) is 12.2 Å². The summed E-state index contributed by atoms with van der Waals surface area (Å²) >= 11 is 0. The molecule has 1 heterocycles. The molecule has 5 heteroatoms. The number of ether oxygens (including phenoxy) is 1. The van der Waals surface area contributed by atoms with Crippen LogP contribution in [0.15, 0.2) is 69.9 Å². The molecule has 1 radical (unpaired) electrons. The van der Waals surface area contributed by atoms with Gasteiger partial charge < -0.3 is 14.3 Å². The van der Waals surface area contributed by atoms with Gasteiger partial charge >= 0.3 is 5.63 Å². The number of hydrogen-bond acceptors (Lipinski definition) is 4. The Morgan fingerprint density at radius 3 is 2.55 bits per heavy atom. The number of aromatic hydroxyl groups is 1. The van der Waals surface area contributed by atoms with Crippen LogP contribution < -0.4 is 10.4 Å². The second-order valence-electron chi connectivity index (χ2n) is 6.69. The van der Waals surface area contributed by atoms with Gasteiger partial charge in [-0.3, -0.25) is 0 Å². The molecule has 0 atom stereocenters. The van der Waals surface area contributed by atoms with E-state index in [1.54, 1.807) is 31.4 Å². The van der Waals surface area contributed by atoms with Crippen LogP contribution in [0.3, 0.4) is 0 Å². The fraction of sp³-hybridized carbons (Fsp3) is 0.125. The number of fused-ring (bicyclic) bond motifs is 1. The van der Waals surface area contributed by atoms with Crippen LogP contribution in [0.4, 0.5) is 0 Å². The van der Waals surface area contributed by atoms with Crippen molar-refractivity contribution < 1.29 is 47.0 Å². The van der Waals surface area contributed by atoms with Crippen molar-refractivity contribution >= 4 is 11.0 Å². The largest absolute Gasteiger partial charge is 0.508 e. The minimum Gasteiger partial charge on any atom is -0.508 e. The van der Waals surface area contributed by atoms with Crippen molar-refractivity contribution in [3.63, 3.8) is 0 Å². The molecular weight excluding hydrogens is 441 g/mol. The molecule has 0 spiro atoms. The molecule has 0 saturated heterocycles. The monoisotopic (exact) mass is 460 g/mol. The molecule has 1 aromatic heterocycles. The van der Waals surface area contributed by atoms with E-state index in [0.717, 1.165) is 27.6 Å². The summed E-state index contributed by atoms with van der Waals surface area (Å²) in [5, 5.41) is 10.4. The van der Waals surface area contributed by atoms with Crippen LogP contribution in [-0.2, 0) is 39.1 Å². The first-order chi connectivity index (χ1) is 13.6. The number of benzene rings is 3. The first-order valence-corrected chi connectivity index (χ1v) is 8.95. The molecule has 4 aromatic rings. The molecule has 0 aliphatic carbocycles. The SMILES string of the molecule is COc1ccc2c(Cc3ccc(O)cc3)c(-c3cc[c-]cc3C)c(=O)oc2c1.[Y]. The predicted molar refractivity (Wildman–Crippen MR) is 109 cm³/mol. The van der Waals surface area contributed by atoms with Gasteiger partial charge in [-0.1, -0.05) is 19.1 Å². The number of phenolic OH excluding ortho intramolecular Hbond substituents is 1. The molecule has 0 saturated carbocycles. The summed E-state index contributed by atoms with van der Waals surface area (Å²) in [6, 6.07) is 21.1. The smallest absolute Gasteiger partial charge is 0.342 e. The van der Waals surface area contributed by atoms with Crippen LogP contribution in [0.25, 0.3) is 22.1 Å². The fourth-order valence-corrected chi connectivity index (χ4v) is 3.44. The van der Waals surface area contributed by atoms with E-state index in [1.165, 1.54) is 0 Å². The van der Waals surface area contributed by atoms with Gasteiger partial charge in [-0.15, -0.1) is 5.56 Å². The minimum atomic E-state index is -0.385. The number of rotatable bonds is 4. The summed E-state index contributed by atoms with van der Waals surface area (Å²) in [5.74, 6) is 0.838. The van der Waals surface area contributed by atoms with Gasteiger partial charge in [0.2, 0.25) is 0 Å². The Morgan fingerprint density at radius 2 is 1.86 bits per heavy atom. The van der Waals surface area contributed by atoms with Gasteiger partial charge in [0.15, 0.2) is 0 Å². The van der Waals surface area contributed by atoms with Gasteiger partial charge in [0, 0.05) is 49.7 Å². The van der Waals surface area contributed by atoms with Crippen molar-refractivity contribution in [2.75, 3.05) is 7.11 Å². The number of hydrogen-bond donors (Lipinski definition) is 1. The van der Waals surface area contributed by atoms with Gasteiger partial charge in [-0.2, -0.15) is 29.8 Å². The van der Waals surface area contributed by atoms with E-state index < -0.39 is 0 Å². The van der Waals surface area contributed by atoms with Gasteiger partial charge in [0.1, 0.15) is 17.1 Å². The number of aryl methyl sites for hydroxylation is 1. The number of methoxy groups -OCH3 is 1. The molecule has 0 aliphatic heterocycles. The Kier molecular flexibility index (Phi) is 6.56. The fourth-order valence-electron chi connectivity index (χ4n) is 3.44. The second kappa shape index (κ2) is 8.94. The van der Waals surface area contributed by atoms with E-state index >= 15 is 0 Å². The Balaban J connectivity index is 0.00000240. The maximum atomic E-state index is 13.0. The summed E-state index contributed by atoms with van der Waals surface area (Å²) in [4.78, 5) is 13.0. The van der Waals surface area contributed by atoms with Crippen LogP contribution in [0.5, 0.6) is 11.5 Å². The quantitative estimate of drug-likeness (QED) is 0.349. The Bertz CT molecular complexity index is 1210. The molecule has 0 fully saturated rings. The van der Waals surface area contributed by atoms with Crippen molar-refractivity contribution in [2.45, 2.75) is 13.3 Å². The van der Waals surface area contributed by atoms with Crippen LogP contribution in [0.2, 0.25) is 0 Å². The molecule has 0 aliphatic rings. The summed E-state index contributed by atoms with van der Waals surface area (Å²) in [6.07, 6.45) is 0.530. The molecule has 0 unspecified atom stereocenters. The normalized spacial score (nSPS) is 10.6. The molecule has 0 bridgehead atoms. The average Bonchev–Trinajstić information content (AvgIpc) is 2.70. The molecule has 143 valence electrons. The first kappa shape index (κ1) is 21.3. The van der Waals surface area contributed by atoms with Crippen molar-refractivity contribution in [3.05, 3.63) is 93.8 Å². The van der Waals surface area contributed by atoms with Gasteiger partial charge in [-0.05, 0) is 41.8 Å². The minimum absolute atomic E-state index is 0. The topological polar surface area (TPSA) is 59.7 Å². The first-order valence-electron chi connectivity index (χ1n) is 8.95.